The summed E-state index contributed by atoms with van der Waals surface area (Å²) in [4.78, 5) is 17.3. The molecule has 4 rings (SSSR count). The van der Waals surface area contributed by atoms with Gasteiger partial charge in [-0.3, -0.25) is 9.69 Å². The van der Waals surface area contributed by atoms with Crippen LogP contribution < -0.4 is 0 Å². The third-order valence-corrected chi connectivity index (χ3v) is 7.15. The second-order valence-electron chi connectivity index (χ2n) is 7.88. The van der Waals surface area contributed by atoms with E-state index in [0.717, 1.165) is 35.1 Å². The average molecular weight is 490 g/mol. The number of hydrogen-bond donors (Lipinski definition) is 1. The zero-order valence-electron chi connectivity index (χ0n) is 16.0. The van der Waals surface area contributed by atoms with Crippen LogP contribution in [0.4, 0.5) is 0 Å². The van der Waals surface area contributed by atoms with Crippen molar-refractivity contribution in [2.45, 2.75) is 37.3 Å². The smallest absolute Gasteiger partial charge is 0.254 e. The number of benzene rings is 2. The van der Waals surface area contributed by atoms with Gasteiger partial charge in [0.05, 0.1) is 17.7 Å². The van der Waals surface area contributed by atoms with Gasteiger partial charge in [0.15, 0.2) is 0 Å². The highest BCUT2D eigenvalue weighted by Crippen LogP contribution is 2.30. The molecule has 2 aromatic rings. The van der Waals surface area contributed by atoms with Crippen LogP contribution in [-0.4, -0.2) is 59.1 Å². The largest absolute Gasteiger partial charge is 0.391 e. The molecule has 0 aliphatic carbocycles. The number of carbonyl (C=O) groups excluding carboxylic acids is 1. The first kappa shape index (κ1) is 19.9. The maximum atomic E-state index is 13.0. The SMILES string of the molecule is O=C(c1ccccc1I)N1CCC(O)C(N2CCC(c3ccccc3)CC2)C1. The van der Waals surface area contributed by atoms with Gasteiger partial charge in [-0.15, -0.1) is 0 Å². The fourth-order valence-corrected chi connectivity index (χ4v) is 5.18. The Morgan fingerprint density at radius 1 is 0.929 bits per heavy atom. The summed E-state index contributed by atoms with van der Waals surface area (Å²) >= 11 is 2.22. The topological polar surface area (TPSA) is 43.8 Å². The third kappa shape index (κ3) is 4.26. The molecule has 2 atom stereocenters. The lowest BCUT2D eigenvalue weighted by atomic mass is 9.88. The first-order chi connectivity index (χ1) is 13.6. The second-order valence-corrected chi connectivity index (χ2v) is 9.04. The Kier molecular flexibility index (Phi) is 6.33. The molecule has 2 heterocycles. The molecule has 0 aromatic heterocycles. The molecule has 0 bridgehead atoms. The summed E-state index contributed by atoms with van der Waals surface area (Å²) in [5.41, 5.74) is 2.18. The molecular formula is C23H27IN2O2. The lowest BCUT2D eigenvalue weighted by Gasteiger charge is -2.45. The first-order valence-electron chi connectivity index (χ1n) is 10.1. The number of carbonyl (C=O) groups is 1. The van der Waals surface area contributed by atoms with Crippen LogP contribution in [0.2, 0.25) is 0 Å². The van der Waals surface area contributed by atoms with Crippen molar-refractivity contribution in [3.8, 4) is 0 Å². The van der Waals surface area contributed by atoms with E-state index >= 15 is 0 Å². The standard InChI is InChI=1S/C23H27IN2O2/c24-20-9-5-4-8-19(20)23(28)26-15-12-22(27)21(16-26)25-13-10-18(11-14-25)17-6-2-1-3-7-17/h1-9,18,21-22,27H,10-16H2. The normalized spacial score (nSPS) is 24.3. The van der Waals surface area contributed by atoms with Gasteiger partial charge >= 0.3 is 0 Å². The Morgan fingerprint density at radius 3 is 2.32 bits per heavy atom. The van der Waals surface area contributed by atoms with Crippen molar-refractivity contribution in [2.75, 3.05) is 26.2 Å². The number of piperidine rings is 2. The number of aliphatic hydroxyl groups is 1. The van der Waals surface area contributed by atoms with E-state index in [9.17, 15) is 9.90 Å². The summed E-state index contributed by atoms with van der Waals surface area (Å²) in [6.07, 6.45) is 2.51. The van der Waals surface area contributed by atoms with Gasteiger partial charge in [0.25, 0.3) is 5.91 Å². The zero-order chi connectivity index (χ0) is 19.5. The third-order valence-electron chi connectivity index (χ3n) is 6.21. The van der Waals surface area contributed by atoms with Crippen molar-refractivity contribution in [1.82, 2.24) is 9.80 Å². The van der Waals surface area contributed by atoms with Crippen LogP contribution in [0.3, 0.4) is 0 Å². The molecule has 4 nitrogen and oxygen atoms in total. The van der Waals surface area contributed by atoms with Crippen LogP contribution in [-0.2, 0) is 0 Å². The Morgan fingerprint density at radius 2 is 1.61 bits per heavy atom. The molecular weight excluding hydrogens is 463 g/mol. The minimum absolute atomic E-state index is 0.0378. The summed E-state index contributed by atoms with van der Waals surface area (Å²) in [7, 11) is 0. The predicted molar refractivity (Wildman–Crippen MR) is 119 cm³/mol. The van der Waals surface area contributed by atoms with Crippen LogP contribution in [0, 0.1) is 3.57 Å². The molecule has 148 valence electrons. The minimum atomic E-state index is -0.354. The maximum absolute atomic E-state index is 13.0. The molecule has 2 fully saturated rings. The fraction of sp³-hybridized carbons (Fsp3) is 0.435. The highest BCUT2D eigenvalue weighted by atomic mass is 127. The Bertz CT molecular complexity index is 805. The van der Waals surface area contributed by atoms with E-state index in [1.54, 1.807) is 0 Å². The van der Waals surface area contributed by atoms with Crippen molar-refractivity contribution in [2.24, 2.45) is 0 Å². The van der Waals surface area contributed by atoms with Crippen molar-refractivity contribution in [3.63, 3.8) is 0 Å². The lowest BCUT2D eigenvalue weighted by molar-refractivity contribution is -0.0155. The van der Waals surface area contributed by atoms with E-state index in [2.05, 4.69) is 57.8 Å². The van der Waals surface area contributed by atoms with Crippen molar-refractivity contribution in [1.29, 1.82) is 0 Å². The maximum Gasteiger partial charge on any atom is 0.254 e. The monoisotopic (exact) mass is 490 g/mol. The van der Waals surface area contributed by atoms with Crippen LogP contribution in [0.1, 0.15) is 41.1 Å². The molecule has 2 aromatic carbocycles. The molecule has 2 saturated heterocycles. The van der Waals surface area contributed by atoms with Gasteiger partial charge in [-0.25, -0.2) is 0 Å². The van der Waals surface area contributed by atoms with Gasteiger partial charge in [-0.05, 0) is 78.6 Å². The van der Waals surface area contributed by atoms with Crippen LogP contribution in [0.15, 0.2) is 54.6 Å². The molecule has 0 radical (unpaired) electrons. The number of aliphatic hydroxyl groups excluding tert-OH is 1. The van der Waals surface area contributed by atoms with Crippen molar-refractivity contribution >= 4 is 28.5 Å². The van der Waals surface area contributed by atoms with Gasteiger partial charge in [-0.2, -0.15) is 0 Å². The summed E-state index contributed by atoms with van der Waals surface area (Å²) < 4.78 is 0.983. The summed E-state index contributed by atoms with van der Waals surface area (Å²) in [5, 5.41) is 10.6. The van der Waals surface area contributed by atoms with E-state index in [1.165, 1.54) is 5.56 Å². The number of halogens is 1. The van der Waals surface area contributed by atoms with E-state index < -0.39 is 0 Å². The molecule has 2 aliphatic heterocycles. The number of rotatable bonds is 3. The van der Waals surface area contributed by atoms with E-state index in [0.29, 0.717) is 25.4 Å². The van der Waals surface area contributed by atoms with Gasteiger partial charge in [0.2, 0.25) is 0 Å². The van der Waals surface area contributed by atoms with E-state index in [-0.39, 0.29) is 18.1 Å². The quantitative estimate of drug-likeness (QED) is 0.667. The highest BCUT2D eigenvalue weighted by Gasteiger charge is 2.36. The predicted octanol–water partition coefficient (Wildman–Crippen LogP) is 3.75. The van der Waals surface area contributed by atoms with Gasteiger partial charge < -0.3 is 10.0 Å². The zero-order valence-corrected chi connectivity index (χ0v) is 18.2. The van der Waals surface area contributed by atoms with Gasteiger partial charge in [0.1, 0.15) is 0 Å². The van der Waals surface area contributed by atoms with Gasteiger partial charge in [-0.1, -0.05) is 42.5 Å². The van der Waals surface area contributed by atoms with Crippen LogP contribution >= 0.6 is 22.6 Å². The van der Waals surface area contributed by atoms with E-state index in [4.69, 9.17) is 0 Å². The summed E-state index contributed by atoms with van der Waals surface area (Å²) in [6, 6.07) is 18.5. The Labute approximate surface area is 180 Å². The van der Waals surface area contributed by atoms with Crippen LogP contribution in [0.25, 0.3) is 0 Å². The summed E-state index contributed by atoms with van der Waals surface area (Å²) in [5.74, 6) is 0.683. The molecule has 1 N–H and O–H groups in total. The molecule has 5 heteroatoms. The summed E-state index contributed by atoms with van der Waals surface area (Å²) in [6.45, 7) is 3.20. The number of amides is 1. The highest BCUT2D eigenvalue weighted by molar-refractivity contribution is 14.1. The number of nitrogens with zero attached hydrogens (tertiary/aromatic N) is 2. The van der Waals surface area contributed by atoms with Crippen LogP contribution in [0.5, 0.6) is 0 Å². The molecule has 2 unspecified atom stereocenters. The fourth-order valence-electron chi connectivity index (χ4n) is 4.56. The van der Waals surface area contributed by atoms with Crippen molar-refractivity contribution in [3.05, 3.63) is 69.3 Å². The molecule has 2 aliphatic rings. The molecule has 28 heavy (non-hydrogen) atoms. The van der Waals surface area contributed by atoms with Gasteiger partial charge in [0, 0.05) is 16.7 Å². The lowest BCUT2D eigenvalue weighted by Crippen LogP contribution is -2.57. The number of likely N-dealkylation sites (tertiary alicyclic amines) is 2. The van der Waals surface area contributed by atoms with Crippen molar-refractivity contribution < 1.29 is 9.90 Å². The average Bonchev–Trinajstić information content (AvgIpc) is 2.75. The Hall–Kier alpha value is -1.44. The molecule has 0 saturated carbocycles. The molecule has 1 amide bonds. The minimum Gasteiger partial charge on any atom is -0.391 e. The first-order valence-corrected chi connectivity index (χ1v) is 11.2. The van der Waals surface area contributed by atoms with E-state index in [1.807, 2.05) is 29.2 Å². The second kappa shape index (κ2) is 8.93. The molecule has 0 spiro atoms. The number of hydrogen-bond acceptors (Lipinski definition) is 3. The Balaban J connectivity index is 1.40.